The molecule has 0 spiro atoms. The van der Waals surface area contributed by atoms with Crippen LogP contribution in [0.3, 0.4) is 0 Å². The number of benzene rings is 7. The Kier molecular flexibility index (Phi) is 7.15. The largest absolute Gasteiger partial charge is 0.135 e. The Balaban J connectivity index is 1.27. The molecule has 0 atom stereocenters. The van der Waals surface area contributed by atoms with Gasteiger partial charge < -0.3 is 0 Å². The van der Waals surface area contributed by atoms with Crippen LogP contribution in [0.25, 0.3) is 76.8 Å². The number of thiophene rings is 1. The lowest BCUT2D eigenvalue weighted by molar-refractivity contribution is 1.62. The molecule has 0 N–H and O–H groups in total. The van der Waals surface area contributed by atoms with E-state index in [9.17, 15) is 0 Å². The minimum atomic E-state index is 1.19. The maximum absolute atomic E-state index is 2.36. The van der Waals surface area contributed by atoms with Crippen LogP contribution < -0.4 is 0 Å². The maximum Gasteiger partial charge on any atom is 0.0349 e. The van der Waals surface area contributed by atoms with Gasteiger partial charge >= 0.3 is 0 Å². The third kappa shape index (κ3) is 5.29. The van der Waals surface area contributed by atoms with E-state index in [-0.39, 0.29) is 0 Å². The first-order valence-corrected chi connectivity index (χ1v) is 16.2. The Morgan fingerprint density at radius 1 is 0.311 bits per heavy atom. The van der Waals surface area contributed by atoms with E-state index in [4.69, 9.17) is 0 Å². The minimum absolute atomic E-state index is 1.19. The molecule has 0 unspecified atom stereocenters. The van der Waals surface area contributed by atoms with Gasteiger partial charge in [0.25, 0.3) is 0 Å². The number of fused-ring (bicyclic) bond motifs is 2. The van der Waals surface area contributed by atoms with Crippen molar-refractivity contribution in [3.05, 3.63) is 181 Å². The molecule has 8 aromatic rings. The summed E-state index contributed by atoms with van der Waals surface area (Å²) < 4.78 is 0. The van der Waals surface area contributed by atoms with Crippen LogP contribution in [0, 0.1) is 0 Å². The van der Waals surface area contributed by atoms with E-state index in [1.165, 1.54) is 75.8 Å². The number of rotatable bonds is 6. The quantitative estimate of drug-likeness (QED) is 0.133. The lowest BCUT2D eigenvalue weighted by atomic mass is 9.85. The first-order chi connectivity index (χ1) is 22.3. The van der Waals surface area contributed by atoms with Crippen molar-refractivity contribution in [2.45, 2.75) is 0 Å². The summed E-state index contributed by atoms with van der Waals surface area (Å²) in [7, 11) is 0. The number of hydrogen-bond acceptors (Lipinski definition) is 1. The van der Waals surface area contributed by atoms with Gasteiger partial charge in [-0.25, -0.2) is 0 Å². The standard InChI is InChI=1S/C44H30S/c1-3-13-31(14-4-1)25-26-32-15-11-19-35(29-32)43-37-21-7-9-23-39(37)44(40-24-10-8-22-38(40)43)36-20-12-18-34(30-36)42-28-27-41(45-42)33-16-5-2-6-17-33/h1-30H. The molecule has 0 aliphatic rings. The van der Waals surface area contributed by atoms with Gasteiger partial charge in [-0.05, 0) is 90.3 Å². The molecule has 0 fully saturated rings. The van der Waals surface area contributed by atoms with Crippen molar-refractivity contribution < 1.29 is 0 Å². The van der Waals surface area contributed by atoms with Gasteiger partial charge in [0, 0.05) is 9.75 Å². The highest BCUT2D eigenvalue weighted by Gasteiger charge is 2.17. The molecule has 0 aliphatic heterocycles. The summed E-state index contributed by atoms with van der Waals surface area (Å²) in [6, 6.07) is 61.4. The molecule has 0 radical (unpaired) electrons. The highest BCUT2D eigenvalue weighted by Crippen LogP contribution is 2.45. The summed E-state index contributed by atoms with van der Waals surface area (Å²) >= 11 is 1.85. The highest BCUT2D eigenvalue weighted by molar-refractivity contribution is 7.18. The van der Waals surface area contributed by atoms with E-state index in [0.717, 1.165) is 0 Å². The van der Waals surface area contributed by atoms with Crippen molar-refractivity contribution in [1.82, 2.24) is 0 Å². The zero-order valence-electron chi connectivity index (χ0n) is 24.7. The van der Waals surface area contributed by atoms with Crippen LogP contribution in [-0.2, 0) is 0 Å². The van der Waals surface area contributed by atoms with Crippen molar-refractivity contribution in [2.75, 3.05) is 0 Å². The second-order valence-electron chi connectivity index (χ2n) is 11.3. The van der Waals surface area contributed by atoms with Gasteiger partial charge in [-0.2, -0.15) is 0 Å². The molecular formula is C44H30S. The first-order valence-electron chi connectivity index (χ1n) is 15.3. The molecule has 8 rings (SSSR count). The van der Waals surface area contributed by atoms with Crippen LogP contribution >= 0.6 is 11.3 Å². The van der Waals surface area contributed by atoms with Gasteiger partial charge in [-0.3, -0.25) is 0 Å². The fourth-order valence-electron chi connectivity index (χ4n) is 6.38. The molecular weight excluding hydrogens is 561 g/mol. The van der Waals surface area contributed by atoms with Gasteiger partial charge in [0.1, 0.15) is 0 Å². The molecule has 1 heterocycles. The monoisotopic (exact) mass is 590 g/mol. The molecule has 212 valence electrons. The lowest BCUT2D eigenvalue weighted by Gasteiger charge is -2.18. The predicted octanol–water partition coefficient (Wildman–Crippen LogP) is 12.9. The van der Waals surface area contributed by atoms with E-state index in [2.05, 4.69) is 182 Å². The van der Waals surface area contributed by atoms with Crippen LogP contribution in [0.4, 0.5) is 0 Å². The van der Waals surface area contributed by atoms with Crippen LogP contribution in [0.2, 0.25) is 0 Å². The summed E-state index contributed by atoms with van der Waals surface area (Å²) in [6.07, 6.45) is 4.39. The summed E-state index contributed by atoms with van der Waals surface area (Å²) in [4.78, 5) is 2.57. The first kappa shape index (κ1) is 27.1. The molecule has 45 heavy (non-hydrogen) atoms. The van der Waals surface area contributed by atoms with E-state index < -0.39 is 0 Å². The van der Waals surface area contributed by atoms with Crippen molar-refractivity contribution in [3.63, 3.8) is 0 Å². The molecule has 1 heteroatoms. The molecule has 7 aromatic carbocycles. The highest BCUT2D eigenvalue weighted by atomic mass is 32.1. The van der Waals surface area contributed by atoms with E-state index in [0.29, 0.717) is 0 Å². The molecule has 0 amide bonds. The van der Waals surface area contributed by atoms with Crippen molar-refractivity contribution in [1.29, 1.82) is 0 Å². The van der Waals surface area contributed by atoms with Crippen LogP contribution in [-0.4, -0.2) is 0 Å². The molecule has 0 saturated heterocycles. The van der Waals surface area contributed by atoms with Crippen LogP contribution in [0.1, 0.15) is 11.1 Å². The van der Waals surface area contributed by atoms with Crippen molar-refractivity contribution in [3.8, 4) is 43.1 Å². The van der Waals surface area contributed by atoms with Crippen molar-refractivity contribution >= 4 is 45.0 Å². The van der Waals surface area contributed by atoms with Gasteiger partial charge in [0.05, 0.1) is 0 Å². The normalized spacial score (nSPS) is 11.5. The van der Waals surface area contributed by atoms with E-state index in [1.54, 1.807) is 0 Å². The topological polar surface area (TPSA) is 0 Å². The molecule has 1 aromatic heterocycles. The molecule has 0 nitrogen and oxygen atoms in total. The van der Waals surface area contributed by atoms with Crippen molar-refractivity contribution in [2.24, 2.45) is 0 Å². The van der Waals surface area contributed by atoms with E-state index >= 15 is 0 Å². The third-order valence-corrected chi connectivity index (χ3v) is 9.66. The Hall–Kier alpha value is -5.50. The Labute approximate surface area is 268 Å². The summed E-state index contributed by atoms with van der Waals surface area (Å²) in [5, 5.41) is 5.07. The Bertz CT molecular complexity index is 2250. The fraction of sp³-hybridized carbons (Fsp3) is 0. The summed E-state index contributed by atoms with van der Waals surface area (Å²) in [6.45, 7) is 0. The molecule has 0 aliphatic carbocycles. The fourth-order valence-corrected chi connectivity index (χ4v) is 7.39. The second-order valence-corrected chi connectivity index (χ2v) is 12.4. The van der Waals surface area contributed by atoms with Gasteiger partial charge in [0.15, 0.2) is 0 Å². The maximum atomic E-state index is 2.36. The lowest BCUT2D eigenvalue weighted by Crippen LogP contribution is -1.91. The Morgan fingerprint density at radius 3 is 1.36 bits per heavy atom. The minimum Gasteiger partial charge on any atom is -0.135 e. The van der Waals surface area contributed by atoms with Gasteiger partial charge in [-0.1, -0.05) is 158 Å². The van der Waals surface area contributed by atoms with Gasteiger partial charge in [-0.15, -0.1) is 11.3 Å². The van der Waals surface area contributed by atoms with Crippen LogP contribution in [0.15, 0.2) is 170 Å². The SMILES string of the molecule is C(=Cc1cccc(-c2c3ccccc3c(-c3cccc(-c4ccc(-c5ccccc5)s4)c3)c3ccccc23)c1)c1ccccc1. The third-order valence-electron chi connectivity index (χ3n) is 8.47. The average Bonchev–Trinajstić information content (AvgIpc) is 3.61. The zero-order chi connectivity index (χ0) is 30.0. The van der Waals surface area contributed by atoms with Gasteiger partial charge in [0.2, 0.25) is 0 Å². The predicted molar refractivity (Wildman–Crippen MR) is 196 cm³/mol. The number of hydrogen-bond donors (Lipinski definition) is 0. The summed E-state index contributed by atoms with van der Waals surface area (Å²) in [5.74, 6) is 0. The van der Waals surface area contributed by atoms with Crippen LogP contribution in [0.5, 0.6) is 0 Å². The molecule has 0 saturated carbocycles. The smallest absolute Gasteiger partial charge is 0.0349 e. The second kappa shape index (κ2) is 11.9. The average molecular weight is 591 g/mol. The molecule has 0 bridgehead atoms. The van der Waals surface area contributed by atoms with E-state index in [1.807, 2.05) is 11.3 Å². The Morgan fingerprint density at radius 2 is 0.733 bits per heavy atom. The zero-order valence-corrected chi connectivity index (χ0v) is 25.5. The summed E-state index contributed by atoms with van der Waals surface area (Å²) in [5.41, 5.74) is 9.92.